The molecule has 4 atom stereocenters. The number of amides is 4. The first-order valence-electron chi connectivity index (χ1n) is 37.8. The molecule has 10 aromatic rings. The third-order valence-corrected chi connectivity index (χ3v) is 27.9. The molecule has 4 fully saturated rings. The van der Waals surface area contributed by atoms with Gasteiger partial charge < -0.3 is 31.1 Å². The molecule has 0 saturated carbocycles. The van der Waals surface area contributed by atoms with Gasteiger partial charge in [0.05, 0.1) is 63.9 Å². The lowest BCUT2D eigenvalue weighted by atomic mass is 9.97. The predicted octanol–water partition coefficient (Wildman–Crippen LogP) is 17.2. The van der Waals surface area contributed by atoms with E-state index in [1.165, 1.54) is 180 Å². The number of aromatic nitrogens is 5. The van der Waals surface area contributed by atoms with Crippen LogP contribution >= 0.6 is 92.4 Å². The molecule has 106 heavy (non-hydrogen) atoms. The fourth-order valence-electron chi connectivity index (χ4n) is 13.9. The first-order chi connectivity index (χ1) is 52.0. The second kappa shape index (κ2) is 44.6. The SMILES string of the molecule is CCCCCN1CCCC(CNC(=O)CSc2nc3ccccc3s2)C1.CCCN1CCCC(CNC(=O)CSc2nc3ccccc3s2)C1.O=C(CSc1nc2ccccc2s1)NCC1CCCN(Cc2ccccc2)C1.O=C(CSc1nc2ccccc2s1)NCC1CCCN(Cc2cccnc2)C1.[HH].[HH].[HH].[HH]. The zero-order chi connectivity index (χ0) is 73.3. The van der Waals surface area contributed by atoms with Gasteiger partial charge in [0, 0.05) is 83.5 Å². The quantitative estimate of drug-likeness (QED) is 0.0245. The molecule has 4 N–H and O–H groups in total. The zero-order valence-electron chi connectivity index (χ0n) is 61.3. The van der Waals surface area contributed by atoms with Crippen LogP contribution in [-0.4, -0.2) is 183 Å². The molecular weight excluding hydrogens is 1480 g/mol. The second-order valence-electron chi connectivity index (χ2n) is 27.8. The van der Waals surface area contributed by atoms with Gasteiger partial charge in [0.15, 0.2) is 17.4 Å². The highest BCUT2D eigenvalue weighted by Crippen LogP contribution is 2.33. The van der Waals surface area contributed by atoms with E-state index in [2.05, 4.69) is 140 Å². The Morgan fingerprint density at radius 1 is 0.396 bits per heavy atom. The average molecular weight is 1590 g/mol. The van der Waals surface area contributed by atoms with Gasteiger partial charge in [-0.2, -0.15) is 0 Å². The summed E-state index contributed by atoms with van der Waals surface area (Å²) in [5.41, 5.74) is 6.66. The second-order valence-corrected chi connectivity index (χ2v) is 36.8. The van der Waals surface area contributed by atoms with Crippen molar-refractivity contribution in [3.05, 3.63) is 163 Å². The van der Waals surface area contributed by atoms with E-state index in [1.807, 2.05) is 91.3 Å². The van der Waals surface area contributed by atoms with Crippen molar-refractivity contribution in [2.24, 2.45) is 23.7 Å². The number of rotatable bonds is 30. The van der Waals surface area contributed by atoms with Gasteiger partial charge in [0.2, 0.25) is 23.6 Å². The summed E-state index contributed by atoms with van der Waals surface area (Å²) in [7, 11) is 0. The van der Waals surface area contributed by atoms with E-state index in [9.17, 15) is 19.2 Å². The van der Waals surface area contributed by atoms with Crippen molar-refractivity contribution >= 4 is 157 Å². The number of hydrogen-bond donors (Lipinski definition) is 4. The van der Waals surface area contributed by atoms with Crippen LogP contribution in [0.5, 0.6) is 0 Å². The number of nitrogens with one attached hydrogen (secondary N) is 4. The highest BCUT2D eigenvalue weighted by atomic mass is 32.2. The largest absolute Gasteiger partial charge is 0.355 e. The molecule has 0 bridgehead atoms. The van der Waals surface area contributed by atoms with E-state index in [0.29, 0.717) is 46.7 Å². The lowest BCUT2D eigenvalue weighted by molar-refractivity contribution is -0.119. The Morgan fingerprint density at radius 2 is 0.726 bits per heavy atom. The molecule has 572 valence electrons. The van der Waals surface area contributed by atoms with Crippen LogP contribution in [0.2, 0.25) is 0 Å². The Morgan fingerprint density at radius 3 is 1.08 bits per heavy atom. The van der Waals surface area contributed by atoms with Gasteiger partial charge in [-0.1, -0.05) is 159 Å². The number of fused-ring (bicyclic) bond motifs is 4. The van der Waals surface area contributed by atoms with Crippen molar-refractivity contribution < 1.29 is 24.9 Å². The van der Waals surface area contributed by atoms with Crippen LogP contribution in [0.15, 0.2) is 169 Å². The smallest absolute Gasteiger partial charge is 0.230 e. The molecule has 25 heteroatoms. The molecule has 0 aliphatic carbocycles. The molecule has 0 radical (unpaired) electrons. The van der Waals surface area contributed by atoms with Gasteiger partial charge in [0.1, 0.15) is 0 Å². The molecule has 4 saturated heterocycles. The minimum absolute atomic E-state index is 0. The summed E-state index contributed by atoms with van der Waals surface area (Å²) in [6.45, 7) is 21.0. The summed E-state index contributed by atoms with van der Waals surface area (Å²) in [6.07, 6.45) is 18.6. The maximum Gasteiger partial charge on any atom is 0.230 e. The van der Waals surface area contributed by atoms with E-state index in [0.717, 1.165) is 118 Å². The van der Waals surface area contributed by atoms with E-state index >= 15 is 0 Å². The number of thiazole rings is 4. The molecular formula is C81H111N13O4S8. The number of carbonyl (C=O) groups is 4. The first-order valence-corrected chi connectivity index (χ1v) is 45.0. The number of piperidine rings is 4. The highest BCUT2D eigenvalue weighted by molar-refractivity contribution is 8.02. The van der Waals surface area contributed by atoms with Crippen molar-refractivity contribution in [2.45, 2.75) is 121 Å². The molecule has 14 rings (SSSR count). The lowest BCUT2D eigenvalue weighted by Gasteiger charge is -2.32. The predicted molar refractivity (Wildman–Crippen MR) is 457 cm³/mol. The molecule has 0 spiro atoms. The maximum absolute atomic E-state index is 12.3. The van der Waals surface area contributed by atoms with Crippen LogP contribution in [0, 0.1) is 23.7 Å². The van der Waals surface area contributed by atoms with Crippen molar-refractivity contribution in [3.8, 4) is 0 Å². The number of hydrogen-bond acceptors (Lipinski definition) is 21. The average Bonchev–Trinajstić information content (AvgIpc) is 1.64. The van der Waals surface area contributed by atoms with Gasteiger partial charge >= 0.3 is 0 Å². The highest BCUT2D eigenvalue weighted by Gasteiger charge is 2.25. The Balaban J connectivity index is 0.000000202. The van der Waals surface area contributed by atoms with Gasteiger partial charge in [-0.15, -0.1) is 45.3 Å². The number of carbonyl (C=O) groups excluding carboxylic acids is 4. The van der Waals surface area contributed by atoms with Crippen molar-refractivity contribution in [3.63, 3.8) is 0 Å². The topological polar surface area (TPSA) is 194 Å². The van der Waals surface area contributed by atoms with Gasteiger partial charge in [-0.25, -0.2) is 19.9 Å². The number of para-hydroxylation sites is 4. The minimum Gasteiger partial charge on any atom is -0.355 e. The Hall–Kier alpha value is -6.07. The van der Waals surface area contributed by atoms with Crippen LogP contribution in [0.3, 0.4) is 0 Å². The third-order valence-electron chi connectivity index (χ3n) is 19.2. The van der Waals surface area contributed by atoms with E-state index in [4.69, 9.17) is 0 Å². The molecule has 5 aromatic heterocycles. The van der Waals surface area contributed by atoms with Gasteiger partial charge in [-0.3, -0.25) is 34.0 Å². The minimum atomic E-state index is 0. The normalized spacial score (nSPS) is 18.1. The van der Waals surface area contributed by atoms with E-state index in [-0.39, 0.29) is 29.3 Å². The van der Waals surface area contributed by atoms with E-state index < -0.39 is 0 Å². The fraction of sp³-hybridized carbons (Fsp3) is 0.469. The molecule has 4 amide bonds. The molecule has 9 heterocycles. The van der Waals surface area contributed by atoms with Crippen molar-refractivity contribution in [1.29, 1.82) is 0 Å². The molecule has 4 unspecified atom stereocenters. The number of pyridine rings is 1. The van der Waals surface area contributed by atoms with Crippen molar-refractivity contribution in [1.82, 2.24) is 65.8 Å². The molecule has 4 aliphatic heterocycles. The Kier molecular flexibility index (Phi) is 34.0. The van der Waals surface area contributed by atoms with Gasteiger partial charge in [-0.05, 0) is 193 Å². The van der Waals surface area contributed by atoms with Crippen LogP contribution in [0.25, 0.3) is 40.9 Å². The zero-order valence-corrected chi connectivity index (χ0v) is 67.8. The summed E-state index contributed by atoms with van der Waals surface area (Å²) < 4.78 is 8.56. The first kappa shape index (κ1) is 80.9. The molecule has 17 nitrogen and oxygen atoms in total. The summed E-state index contributed by atoms with van der Waals surface area (Å²) in [5, 5.41) is 12.5. The van der Waals surface area contributed by atoms with Crippen LogP contribution < -0.4 is 21.3 Å². The number of benzene rings is 5. The monoisotopic (exact) mass is 1590 g/mol. The number of likely N-dealkylation sites (tertiary alicyclic amines) is 4. The molecule has 5 aromatic carbocycles. The summed E-state index contributed by atoms with van der Waals surface area (Å²) >= 11 is 12.7. The number of nitrogens with zero attached hydrogens (tertiary/aromatic N) is 9. The summed E-state index contributed by atoms with van der Waals surface area (Å²) in [5.74, 6) is 4.44. The van der Waals surface area contributed by atoms with Crippen LogP contribution in [-0.2, 0) is 32.3 Å². The van der Waals surface area contributed by atoms with Gasteiger partial charge in [0.25, 0.3) is 0 Å². The standard InChI is InChI=1S/C22H25N3OS2.C21H24N4OS2.C20H29N3OS2.C18H25N3OS2.4H2/c26-21(16-27-22-24-19-10-4-5-11-20(19)28-22)23-13-18-9-6-12-25(15-18)14-17-7-2-1-3-8-17;26-20(15-27-21-24-18-7-1-2-8-19(18)28-21)23-12-17-6-4-10-25(14-17)13-16-5-3-9-22-11-16;1-2-3-6-11-23-12-7-8-16(14-23)13-21-19(24)15-25-20-22-17-9-4-5-10-18(17)26-20;1-2-9-21-10-5-6-14(12-21)11-19-17(22)13-23-18-20-15-7-3-4-8-16(15)24-18;;;;/h1-5,7-8,10-11,18H,6,9,12-16H2,(H,23,26);1-3,5,7-9,11,17H,4,6,10,12-15H2,(H,23,26);4-5,9-10,16H,2-3,6-8,11-15H2,1H3,(H,21,24);3-4,7-8,14H,2,5-6,9-13H2,1H3,(H,19,22);4*1H. The fourth-order valence-corrected chi connectivity index (χ4v) is 21.4. The Labute approximate surface area is 665 Å². The summed E-state index contributed by atoms with van der Waals surface area (Å²) in [4.78, 5) is 81.4. The van der Waals surface area contributed by atoms with Crippen LogP contribution in [0.1, 0.15) is 108 Å². The van der Waals surface area contributed by atoms with E-state index in [1.54, 1.807) is 45.3 Å². The molecule has 4 aliphatic rings. The van der Waals surface area contributed by atoms with Crippen molar-refractivity contribution in [2.75, 3.05) is 115 Å². The number of thioether (sulfide) groups is 4. The summed E-state index contributed by atoms with van der Waals surface area (Å²) in [6, 6.07) is 47.1. The maximum atomic E-state index is 12.3. The Bertz CT molecular complexity index is 4010. The third kappa shape index (κ3) is 27.8. The van der Waals surface area contributed by atoms with Crippen LogP contribution in [0.4, 0.5) is 0 Å². The number of unbranched alkanes of at least 4 members (excludes halogenated alkanes) is 2. The lowest BCUT2D eigenvalue weighted by Crippen LogP contribution is -2.41.